The van der Waals surface area contributed by atoms with Crippen LogP contribution in [0, 0.1) is 6.92 Å². The minimum atomic E-state index is -0.638. The van der Waals surface area contributed by atoms with E-state index in [4.69, 9.17) is 4.74 Å². The Kier molecular flexibility index (Phi) is 7.25. The van der Waals surface area contributed by atoms with Gasteiger partial charge in [0.25, 0.3) is 11.8 Å². The van der Waals surface area contributed by atoms with Gasteiger partial charge in [-0.05, 0) is 70.2 Å². The Morgan fingerprint density at radius 1 is 0.875 bits per heavy atom. The summed E-state index contributed by atoms with van der Waals surface area (Å²) in [6.07, 6.45) is -0.597. The summed E-state index contributed by atoms with van der Waals surface area (Å²) >= 11 is 0. The lowest BCUT2D eigenvalue weighted by molar-refractivity contribution is 0.0496. The molecule has 2 aromatic heterocycles. The van der Waals surface area contributed by atoms with Gasteiger partial charge in [0.2, 0.25) is 0 Å². The fourth-order valence-electron chi connectivity index (χ4n) is 4.67. The predicted octanol–water partition coefficient (Wildman–Crippen LogP) is 4.74. The van der Waals surface area contributed by atoms with Crippen LogP contribution in [0.1, 0.15) is 47.2 Å². The van der Waals surface area contributed by atoms with Crippen molar-refractivity contribution in [2.45, 2.75) is 33.3 Å². The van der Waals surface area contributed by atoms with Gasteiger partial charge >= 0.3 is 6.09 Å². The molecule has 4 aromatic rings. The first-order valence-electron chi connectivity index (χ1n) is 13.2. The number of pyridine rings is 2. The molecule has 10 heteroatoms. The van der Waals surface area contributed by atoms with Crippen LogP contribution in [0.2, 0.25) is 0 Å². The topological polar surface area (TPSA) is 126 Å². The van der Waals surface area contributed by atoms with Crippen LogP contribution in [0.3, 0.4) is 0 Å². The summed E-state index contributed by atoms with van der Waals surface area (Å²) in [5.41, 5.74) is 2.71. The Morgan fingerprint density at radius 3 is 2.38 bits per heavy atom. The lowest BCUT2D eigenvalue weighted by atomic mass is 9.93. The minimum absolute atomic E-state index is 0.0380. The van der Waals surface area contributed by atoms with Gasteiger partial charge in [0.05, 0.1) is 0 Å². The third kappa shape index (κ3) is 5.66. The number of carbonyl (C=O) groups is 3. The Labute approximate surface area is 232 Å². The summed E-state index contributed by atoms with van der Waals surface area (Å²) in [5.74, 6) is -0.0417. The van der Waals surface area contributed by atoms with E-state index in [2.05, 4.69) is 25.9 Å². The molecule has 5 rings (SSSR count). The van der Waals surface area contributed by atoms with Crippen LogP contribution in [-0.2, 0) is 4.74 Å². The van der Waals surface area contributed by atoms with Crippen LogP contribution in [-0.4, -0.2) is 64.6 Å². The maximum atomic E-state index is 13.3. The van der Waals surface area contributed by atoms with Gasteiger partial charge in [-0.15, -0.1) is 0 Å². The zero-order valence-electron chi connectivity index (χ0n) is 23.0. The monoisotopic (exact) mass is 540 g/mol. The number of nitrogens with zero attached hydrogens (tertiary/aromatic N) is 3. The number of aryl methyl sites for hydroxylation is 1. The number of fused-ring (bicyclic) bond motifs is 1. The Hall–Kier alpha value is -4.73. The number of anilines is 2. The van der Waals surface area contributed by atoms with E-state index in [0.717, 1.165) is 28.0 Å². The quantitative estimate of drug-likeness (QED) is 0.216. The minimum Gasteiger partial charge on any atom is -0.444 e. The van der Waals surface area contributed by atoms with Gasteiger partial charge in [-0.2, -0.15) is 0 Å². The molecule has 3 amide bonds. The molecule has 0 saturated carbocycles. The molecule has 0 unspecified atom stereocenters. The number of alkyl carbamates (subject to hydrolysis) is 1. The molecule has 3 heterocycles. The van der Waals surface area contributed by atoms with Crippen LogP contribution < -0.4 is 16.0 Å². The van der Waals surface area contributed by atoms with Crippen molar-refractivity contribution in [1.29, 1.82) is 0 Å². The molecule has 0 bridgehead atoms. The molecule has 3 N–H and O–H groups in total. The van der Waals surface area contributed by atoms with Crippen molar-refractivity contribution in [2.24, 2.45) is 0 Å². The van der Waals surface area contributed by atoms with E-state index in [1.54, 1.807) is 32.9 Å². The third-order valence-corrected chi connectivity index (χ3v) is 6.43. The van der Waals surface area contributed by atoms with Gasteiger partial charge in [0, 0.05) is 64.8 Å². The smallest absolute Gasteiger partial charge is 0.407 e. The van der Waals surface area contributed by atoms with E-state index >= 15 is 0 Å². The molecule has 40 heavy (non-hydrogen) atoms. The SMILES string of the molecule is Cc1ccc2ccc(NCCNc3ccc4c5c(cccc35)C(=O)N(CCNC(=O)OC(C)(C)C)C4=O)nc2n1. The molecule has 2 aromatic carbocycles. The molecule has 1 aliphatic rings. The van der Waals surface area contributed by atoms with E-state index in [1.165, 1.54) is 4.90 Å². The van der Waals surface area contributed by atoms with Crippen LogP contribution in [0.15, 0.2) is 54.6 Å². The molecule has 0 saturated heterocycles. The van der Waals surface area contributed by atoms with E-state index in [-0.39, 0.29) is 24.9 Å². The summed E-state index contributed by atoms with van der Waals surface area (Å²) in [5, 5.41) is 11.7. The van der Waals surface area contributed by atoms with E-state index in [0.29, 0.717) is 35.2 Å². The first kappa shape index (κ1) is 26.9. The molecule has 1 aliphatic heterocycles. The zero-order chi connectivity index (χ0) is 28.4. The maximum Gasteiger partial charge on any atom is 0.407 e. The van der Waals surface area contributed by atoms with Gasteiger partial charge in [0.15, 0.2) is 5.65 Å². The summed E-state index contributed by atoms with van der Waals surface area (Å²) in [7, 11) is 0. The summed E-state index contributed by atoms with van der Waals surface area (Å²) < 4.78 is 5.23. The number of imide groups is 1. The number of carbonyl (C=O) groups excluding carboxylic acids is 3. The number of rotatable bonds is 8. The van der Waals surface area contributed by atoms with E-state index < -0.39 is 11.7 Å². The first-order valence-corrected chi connectivity index (χ1v) is 13.2. The average molecular weight is 541 g/mol. The zero-order valence-corrected chi connectivity index (χ0v) is 23.0. The number of amides is 3. The normalized spacial score (nSPS) is 13.1. The second-order valence-electron chi connectivity index (χ2n) is 10.6. The molecule has 0 radical (unpaired) electrons. The Balaban J connectivity index is 1.25. The molecule has 10 nitrogen and oxygen atoms in total. The molecule has 206 valence electrons. The third-order valence-electron chi connectivity index (χ3n) is 6.43. The largest absolute Gasteiger partial charge is 0.444 e. The summed E-state index contributed by atoms with van der Waals surface area (Å²) in [4.78, 5) is 48.8. The van der Waals surface area contributed by atoms with Crippen molar-refractivity contribution in [3.05, 3.63) is 71.4 Å². The average Bonchev–Trinajstić information content (AvgIpc) is 2.90. The standard InChI is InChI=1S/C30H32N6O4/c1-18-8-9-19-10-13-24(35-26(19)34-18)32-15-14-31-23-12-11-22-25-20(23)6-5-7-21(25)27(37)36(28(22)38)17-16-33-29(39)40-30(2,3)4/h5-13,31H,14-17H2,1-4H3,(H,33,39)(H,32,34,35). The van der Waals surface area contributed by atoms with Crippen molar-refractivity contribution in [2.75, 3.05) is 36.8 Å². The van der Waals surface area contributed by atoms with Crippen LogP contribution in [0.4, 0.5) is 16.3 Å². The second kappa shape index (κ2) is 10.8. The highest BCUT2D eigenvalue weighted by atomic mass is 16.6. The summed E-state index contributed by atoms with van der Waals surface area (Å²) in [6, 6.07) is 16.9. The van der Waals surface area contributed by atoms with Crippen molar-refractivity contribution >= 4 is 51.2 Å². The highest BCUT2D eigenvalue weighted by Gasteiger charge is 2.33. The highest BCUT2D eigenvalue weighted by Crippen LogP contribution is 2.34. The number of hydrogen-bond donors (Lipinski definition) is 3. The van der Waals surface area contributed by atoms with Crippen molar-refractivity contribution < 1.29 is 19.1 Å². The van der Waals surface area contributed by atoms with Gasteiger partial charge < -0.3 is 20.7 Å². The van der Waals surface area contributed by atoms with Crippen LogP contribution in [0.5, 0.6) is 0 Å². The first-order chi connectivity index (χ1) is 19.1. The highest BCUT2D eigenvalue weighted by molar-refractivity contribution is 6.26. The van der Waals surface area contributed by atoms with Crippen molar-refractivity contribution in [3.8, 4) is 0 Å². The Bertz CT molecular complexity index is 1610. The number of ether oxygens (including phenoxy) is 1. The molecule has 0 fully saturated rings. The van der Waals surface area contributed by atoms with E-state index in [1.807, 2.05) is 49.4 Å². The Morgan fingerprint density at radius 2 is 1.60 bits per heavy atom. The number of hydrogen-bond acceptors (Lipinski definition) is 8. The molecule has 0 atom stereocenters. The maximum absolute atomic E-state index is 13.3. The summed E-state index contributed by atoms with van der Waals surface area (Å²) in [6.45, 7) is 8.55. The van der Waals surface area contributed by atoms with Gasteiger partial charge in [-0.3, -0.25) is 14.5 Å². The van der Waals surface area contributed by atoms with Gasteiger partial charge in [-0.1, -0.05) is 12.1 Å². The molecule has 0 spiro atoms. The number of nitrogens with one attached hydrogen (secondary N) is 3. The van der Waals surface area contributed by atoms with Gasteiger partial charge in [0.1, 0.15) is 11.4 Å². The van der Waals surface area contributed by atoms with Crippen molar-refractivity contribution in [3.63, 3.8) is 0 Å². The number of benzene rings is 2. The molecular formula is C30H32N6O4. The molecule has 0 aliphatic carbocycles. The lowest BCUT2D eigenvalue weighted by Crippen LogP contribution is -2.45. The molecular weight excluding hydrogens is 508 g/mol. The lowest BCUT2D eigenvalue weighted by Gasteiger charge is -2.28. The van der Waals surface area contributed by atoms with Gasteiger partial charge in [-0.25, -0.2) is 14.8 Å². The fraction of sp³-hybridized carbons (Fsp3) is 0.300. The van der Waals surface area contributed by atoms with Crippen molar-refractivity contribution in [1.82, 2.24) is 20.2 Å². The van der Waals surface area contributed by atoms with Crippen LogP contribution in [0.25, 0.3) is 21.8 Å². The second-order valence-corrected chi connectivity index (χ2v) is 10.6. The van der Waals surface area contributed by atoms with E-state index in [9.17, 15) is 14.4 Å². The van der Waals surface area contributed by atoms with Crippen LogP contribution >= 0.6 is 0 Å². The fourth-order valence-corrected chi connectivity index (χ4v) is 4.67. The number of aromatic nitrogens is 2. The predicted molar refractivity (Wildman–Crippen MR) is 155 cm³/mol.